The van der Waals surface area contributed by atoms with Gasteiger partial charge >= 0.3 is 0 Å². The van der Waals surface area contributed by atoms with E-state index >= 15 is 0 Å². The summed E-state index contributed by atoms with van der Waals surface area (Å²) >= 11 is 0. The van der Waals surface area contributed by atoms with Crippen molar-refractivity contribution in [1.29, 1.82) is 15.8 Å². The van der Waals surface area contributed by atoms with Crippen LogP contribution in [-0.4, -0.2) is 19.1 Å². The van der Waals surface area contributed by atoms with Crippen molar-refractivity contribution in [1.82, 2.24) is 19.1 Å². The van der Waals surface area contributed by atoms with Crippen LogP contribution in [0.1, 0.15) is 16.7 Å². The van der Waals surface area contributed by atoms with E-state index in [1.807, 2.05) is 152 Å². The zero-order valence-corrected chi connectivity index (χ0v) is 29.7. The number of benzene rings is 7. The number of hydrogen-bond donors (Lipinski definition) is 0. The molecule has 3 heterocycles. The Morgan fingerprint density at radius 3 is 1.36 bits per heavy atom. The minimum absolute atomic E-state index is 0.442. The maximum Gasteiger partial charge on any atom is 0.162 e. The van der Waals surface area contributed by atoms with Gasteiger partial charge in [0.25, 0.3) is 0 Å². The molecular weight excluding hydrogens is 687 g/mol. The quantitative estimate of drug-likeness (QED) is 0.176. The first-order chi connectivity index (χ1) is 27.6. The number of rotatable bonds is 5. The first-order valence-corrected chi connectivity index (χ1v) is 18.1. The number of hydrogen-bond acceptors (Lipinski definition) is 5. The van der Waals surface area contributed by atoms with Crippen molar-refractivity contribution in [2.24, 2.45) is 0 Å². The average molecular weight is 714 g/mol. The van der Waals surface area contributed by atoms with Crippen LogP contribution in [0.3, 0.4) is 0 Å². The molecule has 10 rings (SSSR count). The lowest BCUT2D eigenvalue weighted by molar-refractivity contribution is 1.11. The van der Waals surface area contributed by atoms with Crippen molar-refractivity contribution >= 4 is 43.6 Å². The van der Waals surface area contributed by atoms with Crippen LogP contribution < -0.4 is 0 Å². The van der Waals surface area contributed by atoms with Crippen LogP contribution in [-0.2, 0) is 0 Å². The Morgan fingerprint density at radius 2 is 0.857 bits per heavy atom. The molecule has 56 heavy (non-hydrogen) atoms. The summed E-state index contributed by atoms with van der Waals surface area (Å²) in [5, 5.41) is 34.5. The zero-order chi connectivity index (χ0) is 37.8. The van der Waals surface area contributed by atoms with Crippen LogP contribution in [0.5, 0.6) is 0 Å². The van der Waals surface area contributed by atoms with Gasteiger partial charge in [0, 0.05) is 38.2 Å². The second-order valence-electron chi connectivity index (χ2n) is 13.6. The van der Waals surface area contributed by atoms with E-state index < -0.39 is 0 Å². The van der Waals surface area contributed by atoms with Gasteiger partial charge in [0.15, 0.2) is 5.82 Å². The molecule has 0 amide bonds. The number of nitrogens with zero attached hydrogens (tertiary/aromatic N) is 7. The van der Waals surface area contributed by atoms with E-state index in [0.717, 1.165) is 71.8 Å². The molecule has 0 spiro atoms. The maximum absolute atomic E-state index is 11.0. The molecule has 7 heteroatoms. The molecule has 0 N–H and O–H groups in total. The molecule has 7 nitrogen and oxygen atoms in total. The summed E-state index contributed by atoms with van der Waals surface area (Å²) < 4.78 is 4.25. The van der Waals surface area contributed by atoms with E-state index in [1.54, 1.807) is 0 Å². The molecule has 0 fully saturated rings. The normalized spacial score (nSPS) is 11.2. The highest BCUT2D eigenvalue weighted by atomic mass is 15.0. The molecule has 0 bridgehead atoms. The fourth-order valence-electron chi connectivity index (χ4n) is 7.90. The van der Waals surface area contributed by atoms with Gasteiger partial charge in [-0.25, -0.2) is 9.97 Å². The predicted octanol–water partition coefficient (Wildman–Crippen LogP) is 11.3. The van der Waals surface area contributed by atoms with Gasteiger partial charge in [-0.3, -0.25) is 0 Å². The number of aromatic nitrogens is 4. The Bertz CT molecular complexity index is 3280. The van der Waals surface area contributed by atoms with Crippen LogP contribution in [0.15, 0.2) is 164 Å². The molecule has 0 radical (unpaired) electrons. The van der Waals surface area contributed by atoms with Crippen LogP contribution in [0.4, 0.5) is 0 Å². The number of para-hydroxylation sites is 2. The van der Waals surface area contributed by atoms with E-state index in [4.69, 9.17) is 9.97 Å². The van der Waals surface area contributed by atoms with Gasteiger partial charge in [0.2, 0.25) is 0 Å². The van der Waals surface area contributed by atoms with Crippen molar-refractivity contribution in [3.8, 4) is 63.5 Å². The molecule has 0 aliphatic carbocycles. The van der Waals surface area contributed by atoms with E-state index in [-0.39, 0.29) is 0 Å². The summed E-state index contributed by atoms with van der Waals surface area (Å²) in [5.41, 5.74) is 10.6. The Balaban J connectivity index is 1.36. The van der Waals surface area contributed by atoms with Crippen LogP contribution in [0.2, 0.25) is 0 Å². The number of fused-ring (bicyclic) bond motifs is 6. The fraction of sp³-hybridized carbons (Fsp3) is 0. The summed E-state index contributed by atoms with van der Waals surface area (Å²) in [5.74, 6) is 0.484. The molecule has 10 aromatic rings. The van der Waals surface area contributed by atoms with Crippen molar-refractivity contribution in [2.75, 3.05) is 0 Å². The second kappa shape index (κ2) is 13.0. The molecule has 3 aromatic heterocycles. The predicted molar refractivity (Wildman–Crippen MR) is 221 cm³/mol. The average Bonchev–Trinajstić information content (AvgIpc) is 3.78. The third kappa shape index (κ3) is 5.11. The molecule has 0 atom stereocenters. The molecule has 0 saturated heterocycles. The van der Waals surface area contributed by atoms with Crippen molar-refractivity contribution < 1.29 is 0 Å². The number of nitriles is 3. The maximum atomic E-state index is 11.0. The third-order valence-electron chi connectivity index (χ3n) is 10.4. The molecule has 0 aliphatic heterocycles. The molecule has 7 aromatic carbocycles. The van der Waals surface area contributed by atoms with Gasteiger partial charge < -0.3 is 9.13 Å². The fourth-order valence-corrected chi connectivity index (χ4v) is 7.90. The van der Waals surface area contributed by atoms with E-state index in [0.29, 0.717) is 33.8 Å². The van der Waals surface area contributed by atoms with Crippen molar-refractivity contribution in [2.45, 2.75) is 0 Å². The standard InChI is InChI=1S/C49H27N7/c50-28-31-19-21-45-38(23-31)36-15-7-9-17-43(36)55(45)47-26-40(49-53-41(33-11-3-1-4-12-33)27-42(54-49)34-13-5-2-6-14-34)48(25-35(47)30-52)56-44-18-10-8-16-37(44)39-24-32(29-51)20-22-46(39)56/h1-27H. The van der Waals surface area contributed by atoms with Crippen molar-refractivity contribution in [3.63, 3.8) is 0 Å². The summed E-state index contributed by atoms with van der Waals surface area (Å²) in [4.78, 5) is 10.6. The highest BCUT2D eigenvalue weighted by Gasteiger charge is 2.24. The molecule has 0 saturated carbocycles. The highest BCUT2D eigenvalue weighted by Crippen LogP contribution is 2.41. The largest absolute Gasteiger partial charge is 0.308 e. The Labute approximate surface area is 321 Å². The lowest BCUT2D eigenvalue weighted by atomic mass is 10.0. The lowest BCUT2D eigenvalue weighted by Gasteiger charge is -2.19. The second-order valence-corrected chi connectivity index (χ2v) is 13.6. The van der Waals surface area contributed by atoms with E-state index in [1.165, 1.54) is 0 Å². The molecular formula is C49H27N7. The summed E-state index contributed by atoms with van der Waals surface area (Å²) in [6.07, 6.45) is 0. The monoisotopic (exact) mass is 713 g/mol. The smallest absolute Gasteiger partial charge is 0.162 e. The van der Waals surface area contributed by atoms with Gasteiger partial charge in [-0.2, -0.15) is 15.8 Å². The molecule has 0 aliphatic rings. The highest BCUT2D eigenvalue weighted by molar-refractivity contribution is 6.11. The van der Waals surface area contributed by atoms with Crippen LogP contribution in [0, 0.1) is 34.0 Å². The Kier molecular flexibility index (Phi) is 7.49. The van der Waals surface area contributed by atoms with Gasteiger partial charge in [0.1, 0.15) is 6.07 Å². The summed E-state index contributed by atoms with van der Waals surface area (Å²) in [6.45, 7) is 0. The SMILES string of the molecule is N#Cc1ccc2c(c1)c1ccccc1n2-c1cc(-c2nc(-c3ccccc3)cc(-c3ccccc3)n2)c(-n2c3ccccc3c3cc(C#N)ccc32)cc1C#N. The van der Waals surface area contributed by atoms with Gasteiger partial charge in [0.05, 0.1) is 73.7 Å². The minimum atomic E-state index is 0.442. The lowest BCUT2D eigenvalue weighted by Crippen LogP contribution is -2.06. The van der Waals surface area contributed by atoms with Gasteiger partial charge in [-0.05, 0) is 66.7 Å². The zero-order valence-electron chi connectivity index (χ0n) is 29.7. The minimum Gasteiger partial charge on any atom is -0.308 e. The van der Waals surface area contributed by atoms with Crippen LogP contribution >= 0.6 is 0 Å². The van der Waals surface area contributed by atoms with Gasteiger partial charge in [-0.1, -0.05) is 97.1 Å². The Morgan fingerprint density at radius 1 is 0.393 bits per heavy atom. The first-order valence-electron chi connectivity index (χ1n) is 18.1. The van der Waals surface area contributed by atoms with Crippen molar-refractivity contribution in [3.05, 3.63) is 180 Å². The summed E-state index contributed by atoms with van der Waals surface area (Å²) in [6, 6.07) is 60.7. The third-order valence-corrected chi connectivity index (χ3v) is 10.4. The molecule has 258 valence electrons. The topological polar surface area (TPSA) is 107 Å². The van der Waals surface area contributed by atoms with Gasteiger partial charge in [-0.15, -0.1) is 0 Å². The Hall–Kier alpha value is -8.31. The van der Waals surface area contributed by atoms with E-state index in [2.05, 4.69) is 39.5 Å². The van der Waals surface area contributed by atoms with E-state index in [9.17, 15) is 15.8 Å². The molecule has 0 unspecified atom stereocenters. The summed E-state index contributed by atoms with van der Waals surface area (Å²) in [7, 11) is 0. The first kappa shape index (κ1) is 32.3. The van der Waals surface area contributed by atoms with Crippen LogP contribution in [0.25, 0.3) is 88.9 Å².